The van der Waals surface area contributed by atoms with Crippen molar-refractivity contribution in [2.45, 2.75) is 6.61 Å². The number of fused-ring (bicyclic) bond motifs is 1. The van der Waals surface area contributed by atoms with Gasteiger partial charge in [-0.3, -0.25) is 0 Å². The van der Waals surface area contributed by atoms with E-state index in [0.29, 0.717) is 11.3 Å². The van der Waals surface area contributed by atoms with E-state index in [1.807, 2.05) is 0 Å². The molecule has 0 saturated carbocycles. The molecule has 1 aromatic heterocycles. The standard InChI is InChI=1S/C6H5N3O2/c7-6-8-1-3-4(9-6)2-11-5(3)10/h1H,2H2,(H2,7,8,9). The number of carbonyl (C=O) groups excluding carboxylic acids is 1. The monoisotopic (exact) mass is 151 g/mol. The van der Waals surface area contributed by atoms with E-state index in [1.165, 1.54) is 6.20 Å². The molecule has 0 fully saturated rings. The van der Waals surface area contributed by atoms with Crippen LogP contribution in [0.5, 0.6) is 0 Å². The molecule has 2 heterocycles. The Hall–Kier alpha value is -1.65. The van der Waals surface area contributed by atoms with Crippen molar-refractivity contribution in [3.63, 3.8) is 0 Å². The zero-order chi connectivity index (χ0) is 7.84. The van der Waals surface area contributed by atoms with Gasteiger partial charge in [0.15, 0.2) is 0 Å². The highest BCUT2D eigenvalue weighted by molar-refractivity contribution is 5.92. The lowest BCUT2D eigenvalue weighted by Gasteiger charge is -1.92. The maximum Gasteiger partial charge on any atom is 0.342 e. The van der Waals surface area contributed by atoms with Crippen molar-refractivity contribution in [1.29, 1.82) is 0 Å². The van der Waals surface area contributed by atoms with Gasteiger partial charge in [-0.2, -0.15) is 0 Å². The molecule has 0 radical (unpaired) electrons. The van der Waals surface area contributed by atoms with Crippen molar-refractivity contribution in [1.82, 2.24) is 9.97 Å². The fraction of sp³-hybridized carbons (Fsp3) is 0.167. The van der Waals surface area contributed by atoms with Gasteiger partial charge in [0.1, 0.15) is 12.2 Å². The Morgan fingerprint density at radius 1 is 1.64 bits per heavy atom. The van der Waals surface area contributed by atoms with Crippen molar-refractivity contribution in [2.24, 2.45) is 0 Å². The Labute approximate surface area is 62.2 Å². The quantitative estimate of drug-likeness (QED) is 0.516. The molecule has 0 bridgehead atoms. The van der Waals surface area contributed by atoms with Gasteiger partial charge in [-0.15, -0.1) is 0 Å². The second-order valence-corrected chi connectivity index (χ2v) is 2.16. The third kappa shape index (κ3) is 0.813. The van der Waals surface area contributed by atoms with E-state index >= 15 is 0 Å². The first-order valence-electron chi connectivity index (χ1n) is 3.06. The molecule has 0 aliphatic carbocycles. The van der Waals surface area contributed by atoms with Gasteiger partial charge >= 0.3 is 5.97 Å². The number of hydrogen-bond donors (Lipinski definition) is 1. The van der Waals surface area contributed by atoms with Gasteiger partial charge < -0.3 is 10.5 Å². The number of nitrogens with zero attached hydrogens (tertiary/aromatic N) is 2. The number of anilines is 1. The van der Waals surface area contributed by atoms with Crippen molar-refractivity contribution in [3.8, 4) is 0 Å². The summed E-state index contributed by atoms with van der Waals surface area (Å²) in [5.41, 5.74) is 6.27. The lowest BCUT2D eigenvalue weighted by atomic mass is 10.3. The number of carbonyl (C=O) groups is 1. The van der Waals surface area contributed by atoms with Crippen molar-refractivity contribution < 1.29 is 9.53 Å². The highest BCUT2D eigenvalue weighted by Gasteiger charge is 2.22. The van der Waals surface area contributed by atoms with Crippen LogP contribution in [0.25, 0.3) is 0 Å². The average molecular weight is 151 g/mol. The van der Waals surface area contributed by atoms with Gasteiger partial charge in [-0.25, -0.2) is 14.8 Å². The van der Waals surface area contributed by atoms with Crippen molar-refractivity contribution >= 4 is 11.9 Å². The lowest BCUT2D eigenvalue weighted by Crippen LogP contribution is -2.00. The number of aromatic nitrogens is 2. The third-order valence-corrected chi connectivity index (χ3v) is 1.45. The van der Waals surface area contributed by atoms with Crippen LogP contribution in [0.15, 0.2) is 6.20 Å². The zero-order valence-electron chi connectivity index (χ0n) is 5.57. The summed E-state index contributed by atoms with van der Waals surface area (Å²) in [4.78, 5) is 18.3. The normalized spacial score (nSPS) is 14.4. The molecule has 11 heavy (non-hydrogen) atoms. The van der Waals surface area contributed by atoms with E-state index < -0.39 is 0 Å². The highest BCUT2D eigenvalue weighted by Crippen LogP contribution is 2.16. The smallest absolute Gasteiger partial charge is 0.342 e. The number of esters is 1. The Morgan fingerprint density at radius 2 is 2.45 bits per heavy atom. The van der Waals surface area contributed by atoms with Gasteiger partial charge in [0.05, 0.1) is 5.69 Å². The van der Waals surface area contributed by atoms with Crippen LogP contribution >= 0.6 is 0 Å². The van der Waals surface area contributed by atoms with E-state index in [0.717, 1.165) is 0 Å². The molecular formula is C6H5N3O2. The molecule has 5 heteroatoms. The summed E-state index contributed by atoms with van der Waals surface area (Å²) < 4.78 is 4.68. The van der Waals surface area contributed by atoms with Crippen LogP contribution in [0.2, 0.25) is 0 Å². The SMILES string of the molecule is Nc1ncc2c(n1)COC2=O. The largest absolute Gasteiger partial charge is 0.455 e. The number of cyclic esters (lactones) is 1. The molecule has 1 aliphatic rings. The summed E-state index contributed by atoms with van der Waals surface area (Å²) in [6.45, 7) is 0.209. The Bertz CT molecular complexity index is 324. The van der Waals surface area contributed by atoms with Crippen LogP contribution in [0, 0.1) is 0 Å². The first-order valence-corrected chi connectivity index (χ1v) is 3.06. The first-order chi connectivity index (χ1) is 5.27. The predicted molar refractivity (Wildman–Crippen MR) is 35.6 cm³/mol. The van der Waals surface area contributed by atoms with Crippen molar-refractivity contribution in [2.75, 3.05) is 5.73 Å². The molecule has 56 valence electrons. The Kier molecular flexibility index (Phi) is 1.06. The minimum Gasteiger partial charge on any atom is -0.455 e. The summed E-state index contributed by atoms with van der Waals surface area (Å²) in [5.74, 6) is -0.206. The predicted octanol–water partition coefficient (Wildman–Crippen LogP) is -0.271. The minimum absolute atomic E-state index is 0.169. The fourth-order valence-corrected chi connectivity index (χ4v) is 0.925. The molecule has 5 nitrogen and oxygen atoms in total. The van der Waals surface area contributed by atoms with Crippen LogP contribution in [0.4, 0.5) is 5.95 Å². The number of rotatable bonds is 0. The molecule has 1 aliphatic heterocycles. The van der Waals surface area contributed by atoms with Gasteiger partial charge in [-0.05, 0) is 0 Å². The zero-order valence-corrected chi connectivity index (χ0v) is 5.57. The molecule has 0 spiro atoms. The van der Waals surface area contributed by atoms with E-state index in [1.54, 1.807) is 0 Å². The number of nitrogen functional groups attached to an aromatic ring is 1. The lowest BCUT2D eigenvalue weighted by molar-refractivity contribution is 0.0533. The van der Waals surface area contributed by atoms with Crippen LogP contribution in [-0.4, -0.2) is 15.9 Å². The van der Waals surface area contributed by atoms with Gasteiger partial charge in [0, 0.05) is 6.20 Å². The molecule has 2 N–H and O–H groups in total. The fourth-order valence-electron chi connectivity index (χ4n) is 0.925. The minimum atomic E-state index is -0.375. The maximum absolute atomic E-state index is 10.8. The number of hydrogen-bond acceptors (Lipinski definition) is 5. The summed E-state index contributed by atoms with van der Waals surface area (Å²) in [6.07, 6.45) is 1.38. The third-order valence-electron chi connectivity index (χ3n) is 1.45. The van der Waals surface area contributed by atoms with Gasteiger partial charge in [0.2, 0.25) is 5.95 Å². The van der Waals surface area contributed by atoms with E-state index in [-0.39, 0.29) is 18.5 Å². The van der Waals surface area contributed by atoms with Crippen LogP contribution in [-0.2, 0) is 11.3 Å². The molecule has 0 aromatic carbocycles. The van der Waals surface area contributed by atoms with E-state index in [4.69, 9.17) is 5.73 Å². The average Bonchev–Trinajstić information content (AvgIpc) is 2.32. The second-order valence-electron chi connectivity index (χ2n) is 2.16. The van der Waals surface area contributed by atoms with Gasteiger partial charge in [0.25, 0.3) is 0 Å². The molecule has 0 atom stereocenters. The first kappa shape index (κ1) is 6.09. The maximum atomic E-state index is 10.8. The number of nitrogens with two attached hydrogens (primary N) is 1. The highest BCUT2D eigenvalue weighted by atomic mass is 16.5. The summed E-state index contributed by atoms with van der Waals surface area (Å²) in [6, 6.07) is 0. The Balaban J connectivity index is 2.59. The molecule has 1 aromatic rings. The van der Waals surface area contributed by atoms with Crippen molar-refractivity contribution in [3.05, 3.63) is 17.5 Å². The van der Waals surface area contributed by atoms with Crippen LogP contribution < -0.4 is 5.73 Å². The summed E-state index contributed by atoms with van der Waals surface area (Å²) in [5, 5.41) is 0. The second kappa shape index (κ2) is 1.91. The topological polar surface area (TPSA) is 78.1 Å². The Morgan fingerprint density at radius 3 is 3.27 bits per heavy atom. The number of ether oxygens (including phenoxy) is 1. The molecule has 0 saturated heterocycles. The molecule has 2 rings (SSSR count). The van der Waals surface area contributed by atoms with E-state index in [9.17, 15) is 4.79 Å². The summed E-state index contributed by atoms with van der Waals surface area (Å²) >= 11 is 0. The molecule has 0 amide bonds. The molecular weight excluding hydrogens is 146 g/mol. The van der Waals surface area contributed by atoms with Gasteiger partial charge in [-0.1, -0.05) is 0 Å². The van der Waals surface area contributed by atoms with E-state index in [2.05, 4.69) is 14.7 Å². The molecule has 0 unspecified atom stereocenters. The van der Waals surface area contributed by atoms with Crippen LogP contribution in [0.1, 0.15) is 16.1 Å². The summed E-state index contributed by atoms with van der Waals surface area (Å²) in [7, 11) is 0. The van der Waals surface area contributed by atoms with Crippen LogP contribution in [0.3, 0.4) is 0 Å².